The lowest BCUT2D eigenvalue weighted by atomic mass is 10.3. The molecule has 0 bridgehead atoms. The number of carbonyl (C=O) groups excluding carboxylic acids is 1. The van der Waals surface area contributed by atoms with E-state index < -0.39 is 15.9 Å². The summed E-state index contributed by atoms with van der Waals surface area (Å²) in [6, 6.07) is 9.05. The van der Waals surface area contributed by atoms with E-state index in [-0.39, 0.29) is 24.7 Å². The maximum atomic E-state index is 11.5. The van der Waals surface area contributed by atoms with Gasteiger partial charge in [0, 0.05) is 0 Å². The molecular weight excluding hydrogens is 266 g/mol. The highest BCUT2D eigenvalue weighted by molar-refractivity contribution is 7.90. The van der Waals surface area contributed by atoms with Crippen molar-refractivity contribution in [2.45, 2.75) is 20.3 Å². The Morgan fingerprint density at radius 3 is 2.47 bits per heavy atom. The first kappa shape index (κ1) is 15.5. The van der Waals surface area contributed by atoms with E-state index >= 15 is 0 Å². The molecule has 1 amide bonds. The summed E-state index contributed by atoms with van der Waals surface area (Å²) in [5.74, 6) is 0.0287. The predicted octanol–water partition coefficient (Wildman–Crippen LogP) is 1.56. The fraction of sp³-hybridized carbons (Fsp3) is 0.462. The molecular formula is C13H19NO4S. The van der Waals surface area contributed by atoms with Gasteiger partial charge in [-0.15, -0.1) is 0 Å². The van der Waals surface area contributed by atoms with Crippen LogP contribution in [0.15, 0.2) is 30.3 Å². The number of rotatable bonds is 7. The molecule has 0 aromatic heterocycles. The number of hydrogen-bond donors (Lipinski definition) is 1. The van der Waals surface area contributed by atoms with Crippen molar-refractivity contribution in [2.24, 2.45) is 5.92 Å². The van der Waals surface area contributed by atoms with Gasteiger partial charge in [-0.2, -0.15) is 0 Å². The van der Waals surface area contributed by atoms with Gasteiger partial charge in [-0.3, -0.25) is 9.52 Å². The van der Waals surface area contributed by atoms with Crippen LogP contribution in [0.2, 0.25) is 0 Å². The molecule has 1 aromatic carbocycles. The van der Waals surface area contributed by atoms with Crippen LogP contribution < -0.4 is 9.46 Å². The Morgan fingerprint density at radius 1 is 1.26 bits per heavy atom. The maximum absolute atomic E-state index is 11.5. The third-order valence-electron chi connectivity index (χ3n) is 2.16. The Balaban J connectivity index is 2.32. The van der Waals surface area contributed by atoms with Gasteiger partial charge in [0.15, 0.2) is 0 Å². The lowest BCUT2D eigenvalue weighted by Crippen LogP contribution is -2.34. The van der Waals surface area contributed by atoms with Crippen LogP contribution in [0.25, 0.3) is 0 Å². The Morgan fingerprint density at radius 2 is 1.89 bits per heavy atom. The molecule has 0 radical (unpaired) electrons. The van der Waals surface area contributed by atoms with Crippen LogP contribution in [0.3, 0.4) is 0 Å². The molecule has 1 rings (SSSR count). The fourth-order valence-electron chi connectivity index (χ4n) is 1.48. The third kappa shape index (κ3) is 6.81. The highest BCUT2D eigenvalue weighted by atomic mass is 32.2. The zero-order chi connectivity index (χ0) is 14.3. The van der Waals surface area contributed by atoms with Gasteiger partial charge in [-0.05, 0) is 18.1 Å². The highest BCUT2D eigenvalue weighted by Crippen LogP contribution is 2.08. The summed E-state index contributed by atoms with van der Waals surface area (Å²) < 4.78 is 30.4. The van der Waals surface area contributed by atoms with Crippen LogP contribution in [0.5, 0.6) is 5.75 Å². The van der Waals surface area contributed by atoms with E-state index in [0.717, 1.165) is 0 Å². The predicted molar refractivity (Wildman–Crippen MR) is 73.3 cm³/mol. The highest BCUT2D eigenvalue weighted by Gasteiger charge is 2.16. The van der Waals surface area contributed by atoms with E-state index in [9.17, 15) is 13.2 Å². The number of sulfonamides is 1. The molecule has 0 saturated carbocycles. The quantitative estimate of drug-likeness (QED) is 0.825. The number of hydrogen-bond acceptors (Lipinski definition) is 4. The van der Waals surface area contributed by atoms with E-state index in [1.807, 2.05) is 22.9 Å². The first-order valence-corrected chi connectivity index (χ1v) is 7.75. The van der Waals surface area contributed by atoms with Crippen molar-refractivity contribution >= 4 is 15.9 Å². The lowest BCUT2D eigenvalue weighted by Gasteiger charge is -2.09. The second-order valence-electron chi connectivity index (χ2n) is 4.61. The summed E-state index contributed by atoms with van der Waals surface area (Å²) in [5.41, 5.74) is 0. The van der Waals surface area contributed by atoms with Gasteiger partial charge < -0.3 is 4.74 Å². The molecule has 6 heteroatoms. The molecule has 0 heterocycles. The molecule has 0 saturated heterocycles. The Bertz CT molecular complexity index is 497. The van der Waals surface area contributed by atoms with Gasteiger partial charge in [0.25, 0.3) is 0 Å². The van der Waals surface area contributed by atoms with Crippen molar-refractivity contribution in [2.75, 3.05) is 12.4 Å². The average molecular weight is 285 g/mol. The molecule has 0 atom stereocenters. The molecule has 0 fully saturated rings. The van der Waals surface area contributed by atoms with Crippen LogP contribution in [0, 0.1) is 5.92 Å². The summed E-state index contributed by atoms with van der Waals surface area (Å²) in [4.78, 5) is 11.5. The van der Waals surface area contributed by atoms with Crippen molar-refractivity contribution in [3.63, 3.8) is 0 Å². The van der Waals surface area contributed by atoms with Crippen LogP contribution in [0.4, 0.5) is 0 Å². The number of carbonyl (C=O) groups is 1. The number of benzene rings is 1. The molecule has 106 valence electrons. The molecule has 19 heavy (non-hydrogen) atoms. The van der Waals surface area contributed by atoms with Gasteiger partial charge >= 0.3 is 0 Å². The van der Waals surface area contributed by atoms with Gasteiger partial charge in [-0.25, -0.2) is 8.42 Å². The SMILES string of the molecule is CC(C)CS(=O)(=O)NC(=O)CCOc1ccccc1. The van der Waals surface area contributed by atoms with Gasteiger partial charge in [-0.1, -0.05) is 32.0 Å². The molecule has 0 spiro atoms. The minimum absolute atomic E-state index is 0.00617. The smallest absolute Gasteiger partial charge is 0.236 e. The van der Waals surface area contributed by atoms with Crippen LogP contribution >= 0.6 is 0 Å². The van der Waals surface area contributed by atoms with Crippen molar-refractivity contribution in [1.29, 1.82) is 0 Å². The van der Waals surface area contributed by atoms with Crippen LogP contribution in [-0.4, -0.2) is 26.7 Å². The minimum atomic E-state index is -3.53. The van der Waals surface area contributed by atoms with E-state index in [1.54, 1.807) is 26.0 Å². The summed E-state index contributed by atoms with van der Waals surface area (Å²) in [6.45, 7) is 3.71. The van der Waals surface area contributed by atoms with E-state index in [2.05, 4.69) is 0 Å². The van der Waals surface area contributed by atoms with Crippen LogP contribution in [-0.2, 0) is 14.8 Å². The molecule has 1 aromatic rings. The van der Waals surface area contributed by atoms with E-state index in [0.29, 0.717) is 5.75 Å². The van der Waals surface area contributed by atoms with Crippen LogP contribution in [0.1, 0.15) is 20.3 Å². The standard InChI is InChI=1S/C13H19NO4S/c1-11(2)10-19(16,17)14-13(15)8-9-18-12-6-4-3-5-7-12/h3-7,11H,8-10H2,1-2H3,(H,14,15). The summed E-state index contributed by atoms with van der Waals surface area (Å²) in [7, 11) is -3.53. The minimum Gasteiger partial charge on any atom is -0.493 e. The first-order valence-electron chi connectivity index (χ1n) is 6.10. The Hall–Kier alpha value is -1.56. The van der Waals surface area contributed by atoms with Crippen molar-refractivity contribution in [3.8, 4) is 5.75 Å². The number of nitrogens with one attached hydrogen (secondary N) is 1. The largest absolute Gasteiger partial charge is 0.493 e. The van der Waals surface area contributed by atoms with E-state index in [4.69, 9.17) is 4.74 Å². The van der Waals surface area contributed by atoms with Gasteiger partial charge in [0.05, 0.1) is 18.8 Å². The topological polar surface area (TPSA) is 72.5 Å². The second kappa shape index (κ2) is 7.13. The molecule has 5 nitrogen and oxygen atoms in total. The third-order valence-corrected chi connectivity index (χ3v) is 3.81. The van der Waals surface area contributed by atoms with Crippen molar-refractivity contribution in [3.05, 3.63) is 30.3 Å². The number of ether oxygens (including phenoxy) is 1. The zero-order valence-corrected chi connectivity index (χ0v) is 11.9. The number of para-hydroxylation sites is 1. The van der Waals surface area contributed by atoms with Crippen molar-refractivity contribution in [1.82, 2.24) is 4.72 Å². The molecule has 0 aliphatic heterocycles. The molecule has 0 aliphatic rings. The number of amides is 1. The maximum Gasteiger partial charge on any atom is 0.236 e. The van der Waals surface area contributed by atoms with Gasteiger partial charge in [0.2, 0.25) is 15.9 Å². The molecule has 0 aliphatic carbocycles. The normalized spacial score (nSPS) is 11.3. The average Bonchev–Trinajstić information content (AvgIpc) is 2.27. The second-order valence-corrected chi connectivity index (χ2v) is 6.38. The zero-order valence-electron chi connectivity index (χ0n) is 11.1. The lowest BCUT2D eigenvalue weighted by molar-refractivity contribution is -0.119. The summed E-state index contributed by atoms with van der Waals surface area (Å²) >= 11 is 0. The van der Waals surface area contributed by atoms with Crippen molar-refractivity contribution < 1.29 is 17.9 Å². The summed E-state index contributed by atoms with van der Waals surface area (Å²) in [6.07, 6.45) is 0.00617. The Labute approximate surface area is 114 Å². The monoisotopic (exact) mass is 285 g/mol. The molecule has 1 N–H and O–H groups in total. The first-order chi connectivity index (χ1) is 8.89. The molecule has 0 unspecified atom stereocenters. The fourth-order valence-corrected chi connectivity index (χ4v) is 2.89. The Kier molecular flexibility index (Phi) is 5.82. The van der Waals surface area contributed by atoms with E-state index in [1.165, 1.54) is 0 Å². The van der Waals surface area contributed by atoms with Gasteiger partial charge in [0.1, 0.15) is 5.75 Å². The summed E-state index contributed by atoms with van der Waals surface area (Å²) in [5, 5.41) is 0.